The Morgan fingerprint density at radius 1 is 1.14 bits per heavy atom. The number of carboxylic acid groups (broad SMARTS) is 1. The van der Waals surface area contributed by atoms with E-state index in [0.29, 0.717) is 45.1 Å². The molecule has 1 aliphatic heterocycles. The van der Waals surface area contributed by atoms with Crippen LogP contribution in [0.3, 0.4) is 0 Å². The molecule has 192 valence electrons. The van der Waals surface area contributed by atoms with Crippen molar-refractivity contribution in [3.8, 4) is 33.9 Å². The van der Waals surface area contributed by atoms with Gasteiger partial charge in [-0.3, -0.25) is 19.1 Å². The van der Waals surface area contributed by atoms with Crippen LogP contribution in [-0.4, -0.2) is 39.7 Å². The van der Waals surface area contributed by atoms with Gasteiger partial charge >= 0.3 is 5.97 Å². The van der Waals surface area contributed by atoms with Gasteiger partial charge in [0.05, 0.1) is 17.5 Å². The lowest BCUT2D eigenvalue weighted by Crippen LogP contribution is -2.10. The summed E-state index contributed by atoms with van der Waals surface area (Å²) >= 11 is 0. The second-order valence-electron chi connectivity index (χ2n) is 8.89. The normalized spacial score (nSPS) is 14.2. The van der Waals surface area contributed by atoms with Crippen LogP contribution >= 0.6 is 7.37 Å². The Bertz CT molecular complexity index is 1430. The first-order valence-electron chi connectivity index (χ1n) is 11.5. The van der Waals surface area contributed by atoms with Crippen molar-refractivity contribution in [3.05, 3.63) is 71.4 Å². The fourth-order valence-electron chi connectivity index (χ4n) is 4.05. The minimum Gasteiger partial charge on any atom is -0.481 e. The van der Waals surface area contributed by atoms with Gasteiger partial charge in [-0.2, -0.15) is 0 Å². The van der Waals surface area contributed by atoms with Gasteiger partial charge < -0.3 is 19.5 Å². The van der Waals surface area contributed by atoms with Crippen molar-refractivity contribution in [1.82, 2.24) is 4.98 Å². The van der Waals surface area contributed by atoms with Gasteiger partial charge in [0, 0.05) is 16.9 Å². The molecule has 0 spiro atoms. The molecule has 0 aliphatic carbocycles. The molecular formula is C27H25FNO7P. The zero-order chi connectivity index (χ0) is 26.7. The van der Waals surface area contributed by atoms with Crippen molar-refractivity contribution >= 4 is 25.2 Å². The smallest absolute Gasteiger partial charge is 0.310 e. The van der Waals surface area contributed by atoms with Crippen molar-refractivity contribution in [2.75, 3.05) is 13.0 Å². The summed E-state index contributed by atoms with van der Waals surface area (Å²) in [6, 6.07) is 13.1. The quantitative estimate of drug-likeness (QED) is 0.270. The highest BCUT2D eigenvalue weighted by atomic mass is 31.2. The number of ketones is 1. The van der Waals surface area contributed by atoms with E-state index in [0.717, 1.165) is 5.82 Å². The second kappa shape index (κ2) is 10.7. The number of aliphatic carboxylic acids is 1. The Morgan fingerprint density at radius 2 is 1.86 bits per heavy atom. The highest BCUT2D eigenvalue weighted by Crippen LogP contribution is 2.46. The van der Waals surface area contributed by atoms with E-state index < -0.39 is 37.5 Å². The summed E-state index contributed by atoms with van der Waals surface area (Å²) in [5, 5.41) is 8.78. The molecule has 4 rings (SSSR count). The molecule has 0 radical (unpaired) electrons. The molecule has 0 saturated heterocycles. The van der Waals surface area contributed by atoms with Gasteiger partial charge in [0.15, 0.2) is 17.3 Å². The Balaban J connectivity index is 1.87. The van der Waals surface area contributed by atoms with Crippen molar-refractivity contribution < 1.29 is 38.0 Å². The van der Waals surface area contributed by atoms with Crippen LogP contribution in [0.4, 0.5) is 4.39 Å². The number of hydrogen-bond acceptors (Lipinski definition) is 6. The molecule has 0 saturated carbocycles. The summed E-state index contributed by atoms with van der Waals surface area (Å²) in [6.45, 7) is 3.92. The fraction of sp³-hybridized carbons (Fsp3) is 0.222. The van der Waals surface area contributed by atoms with Crippen LogP contribution in [0.25, 0.3) is 28.5 Å². The maximum Gasteiger partial charge on any atom is 0.310 e. The zero-order valence-electron chi connectivity index (χ0n) is 20.2. The Labute approximate surface area is 212 Å². The first-order chi connectivity index (χ1) is 17.5. The van der Waals surface area contributed by atoms with Crippen LogP contribution in [0.15, 0.2) is 54.3 Å². The lowest BCUT2D eigenvalue weighted by Gasteiger charge is -2.18. The maximum absolute atomic E-state index is 13.7. The molecule has 0 bridgehead atoms. The van der Waals surface area contributed by atoms with Gasteiger partial charge in [-0.1, -0.05) is 32.0 Å². The topological polar surface area (TPSA) is 123 Å². The van der Waals surface area contributed by atoms with E-state index >= 15 is 0 Å². The number of carboxylic acids is 1. The highest BCUT2D eigenvalue weighted by Gasteiger charge is 2.24. The molecule has 8 nitrogen and oxygen atoms in total. The Morgan fingerprint density at radius 3 is 2.54 bits per heavy atom. The highest BCUT2D eigenvalue weighted by molar-refractivity contribution is 7.62. The first-order valence-corrected chi connectivity index (χ1v) is 13.4. The number of carbonyl (C=O) groups excluding carboxylic acids is 1. The molecule has 1 unspecified atom stereocenters. The maximum atomic E-state index is 13.7. The van der Waals surface area contributed by atoms with Gasteiger partial charge in [-0.05, 0) is 53.5 Å². The number of Topliss-reactive ketones (excluding diaryl/α,β-unsaturated/α-hetero) is 1. The first kappa shape index (κ1) is 26.3. The fourth-order valence-corrected chi connectivity index (χ4v) is 5.15. The van der Waals surface area contributed by atoms with Crippen LogP contribution in [0.1, 0.15) is 37.4 Å². The number of para-hydroxylation sites is 1. The third-order valence-electron chi connectivity index (χ3n) is 5.69. The van der Waals surface area contributed by atoms with E-state index in [9.17, 15) is 23.4 Å². The molecular weight excluding hydrogens is 500 g/mol. The number of rotatable bonds is 9. The molecule has 2 aromatic carbocycles. The lowest BCUT2D eigenvalue weighted by molar-refractivity contribution is -0.139. The molecule has 3 aromatic rings. The van der Waals surface area contributed by atoms with Gasteiger partial charge in [0.25, 0.3) is 0 Å². The number of pyridine rings is 1. The predicted octanol–water partition coefficient (Wildman–Crippen LogP) is 5.69. The average molecular weight is 525 g/mol. The van der Waals surface area contributed by atoms with Crippen molar-refractivity contribution in [1.29, 1.82) is 0 Å². The number of benzene rings is 2. The van der Waals surface area contributed by atoms with Gasteiger partial charge in [-0.15, -0.1) is 0 Å². The molecule has 0 fully saturated rings. The molecule has 37 heavy (non-hydrogen) atoms. The third-order valence-corrected chi connectivity index (χ3v) is 7.11. The summed E-state index contributed by atoms with van der Waals surface area (Å²) < 4.78 is 37.6. The zero-order valence-corrected chi connectivity index (χ0v) is 21.1. The van der Waals surface area contributed by atoms with Gasteiger partial charge in [0.1, 0.15) is 12.2 Å². The Kier molecular flexibility index (Phi) is 7.57. The van der Waals surface area contributed by atoms with E-state index in [-0.39, 0.29) is 12.7 Å². The van der Waals surface area contributed by atoms with Crippen LogP contribution < -0.4 is 9.47 Å². The average Bonchev–Trinajstić information content (AvgIpc) is 3.31. The van der Waals surface area contributed by atoms with Gasteiger partial charge in [0.2, 0.25) is 14.2 Å². The molecule has 2 heterocycles. The van der Waals surface area contributed by atoms with Crippen molar-refractivity contribution in [3.63, 3.8) is 0 Å². The number of aromatic nitrogens is 1. The van der Waals surface area contributed by atoms with Crippen LogP contribution in [0.5, 0.6) is 11.5 Å². The van der Waals surface area contributed by atoms with Crippen molar-refractivity contribution in [2.45, 2.75) is 26.2 Å². The van der Waals surface area contributed by atoms with Crippen LogP contribution in [-0.2, 0) is 14.2 Å². The van der Waals surface area contributed by atoms with Crippen LogP contribution in [0, 0.1) is 5.82 Å². The predicted molar refractivity (Wildman–Crippen MR) is 136 cm³/mol. The number of fused-ring (bicyclic) bond motifs is 1. The minimum absolute atomic E-state index is 0.0847. The molecule has 1 atom stereocenters. The number of ether oxygens (including phenoxy) is 2. The third kappa shape index (κ3) is 6.13. The summed E-state index contributed by atoms with van der Waals surface area (Å²) in [5.41, 5.74) is 3.66. The molecule has 2 N–H and O–H groups in total. The standard InChI is InChI=1S/C27H25FNO7P/c1-16(2)26-20(10-11-37(33,34)14-19(30)12-25(31)32)22(17-6-8-18(28)9-7-17)13-23(29-26)21-4-3-5-24-27(21)36-15-35-24/h3-11,13,16H,12,14-15H2,1-2H3,(H,31,32)(H,33,34). The number of carbonyl (C=O) groups is 2. The molecule has 1 aliphatic rings. The summed E-state index contributed by atoms with van der Waals surface area (Å²) in [5.74, 6) is -0.586. The molecule has 0 amide bonds. The summed E-state index contributed by atoms with van der Waals surface area (Å²) in [6.07, 6.45) is -0.202. The SMILES string of the molecule is CC(C)c1nc(-c2cccc3c2OCO3)cc(-c2ccc(F)cc2)c1C=CP(=O)(O)CC(=O)CC(=O)O. The van der Waals surface area contributed by atoms with E-state index in [1.54, 1.807) is 24.3 Å². The van der Waals surface area contributed by atoms with E-state index in [1.165, 1.54) is 18.2 Å². The molecule has 10 heteroatoms. The van der Waals surface area contributed by atoms with Crippen LogP contribution in [0.2, 0.25) is 0 Å². The summed E-state index contributed by atoms with van der Waals surface area (Å²) in [7, 11) is -4.14. The minimum atomic E-state index is -4.14. The van der Waals surface area contributed by atoms with Crippen molar-refractivity contribution in [2.24, 2.45) is 0 Å². The monoisotopic (exact) mass is 525 g/mol. The van der Waals surface area contributed by atoms with E-state index in [2.05, 4.69) is 0 Å². The Hall–Kier alpha value is -3.81. The van der Waals surface area contributed by atoms with Gasteiger partial charge in [-0.25, -0.2) is 4.39 Å². The van der Waals surface area contributed by atoms with E-state index in [4.69, 9.17) is 19.6 Å². The largest absolute Gasteiger partial charge is 0.481 e. The second-order valence-corrected chi connectivity index (χ2v) is 11.0. The lowest BCUT2D eigenvalue weighted by atomic mass is 9.92. The molecule has 1 aromatic heterocycles. The number of nitrogens with zero attached hydrogens (tertiary/aromatic N) is 1. The number of halogens is 1. The summed E-state index contributed by atoms with van der Waals surface area (Å²) in [4.78, 5) is 37.9. The van der Waals surface area contributed by atoms with E-state index in [1.807, 2.05) is 26.0 Å². The number of hydrogen-bond donors (Lipinski definition) is 2.